The molecule has 5 nitrogen and oxygen atoms in total. The average Bonchev–Trinajstić information content (AvgIpc) is 2.75. The van der Waals surface area contributed by atoms with E-state index in [1.807, 2.05) is 66.7 Å². The van der Waals surface area contributed by atoms with Crippen molar-refractivity contribution >= 4 is 22.9 Å². The quantitative estimate of drug-likeness (QED) is 0.320. The molecule has 0 aromatic heterocycles. The van der Waals surface area contributed by atoms with Crippen molar-refractivity contribution in [2.75, 3.05) is 6.61 Å². The number of benzene rings is 3. The highest BCUT2D eigenvalue weighted by atomic mass is 16.5. The SMILES string of the molecule is CCCCOc1ccc(/C=N\NC(=O)[C@@H](C)Oc2ccc3ccccc3c2)cc1. The van der Waals surface area contributed by atoms with E-state index < -0.39 is 6.10 Å². The van der Waals surface area contributed by atoms with Crippen LogP contribution in [0.4, 0.5) is 0 Å². The fourth-order valence-corrected chi connectivity index (χ4v) is 2.74. The summed E-state index contributed by atoms with van der Waals surface area (Å²) in [6.07, 6.45) is 3.07. The van der Waals surface area contributed by atoms with Crippen LogP contribution in [0.5, 0.6) is 11.5 Å². The number of rotatable bonds is 9. The topological polar surface area (TPSA) is 59.9 Å². The Morgan fingerprint density at radius 2 is 1.76 bits per heavy atom. The Morgan fingerprint density at radius 3 is 2.52 bits per heavy atom. The van der Waals surface area contributed by atoms with Gasteiger partial charge in [-0.1, -0.05) is 43.7 Å². The van der Waals surface area contributed by atoms with Crippen LogP contribution in [0.3, 0.4) is 0 Å². The van der Waals surface area contributed by atoms with Crippen molar-refractivity contribution in [3.8, 4) is 11.5 Å². The third kappa shape index (κ3) is 6.07. The molecule has 0 fully saturated rings. The van der Waals surface area contributed by atoms with E-state index in [-0.39, 0.29) is 5.91 Å². The molecule has 0 saturated carbocycles. The summed E-state index contributed by atoms with van der Waals surface area (Å²) in [4.78, 5) is 12.2. The molecule has 0 aliphatic rings. The van der Waals surface area contributed by atoms with Gasteiger partial charge < -0.3 is 9.47 Å². The van der Waals surface area contributed by atoms with Gasteiger partial charge >= 0.3 is 0 Å². The summed E-state index contributed by atoms with van der Waals surface area (Å²) in [5, 5.41) is 6.21. The molecule has 3 aromatic rings. The number of carbonyl (C=O) groups excluding carboxylic acids is 1. The van der Waals surface area contributed by atoms with Crippen LogP contribution in [-0.2, 0) is 4.79 Å². The molecular formula is C24H26N2O3. The molecule has 0 aliphatic heterocycles. The lowest BCUT2D eigenvalue weighted by Crippen LogP contribution is -2.33. The van der Waals surface area contributed by atoms with Crippen LogP contribution in [0.1, 0.15) is 32.3 Å². The van der Waals surface area contributed by atoms with Crippen molar-refractivity contribution in [3.05, 3.63) is 72.3 Å². The Kier molecular flexibility index (Phi) is 7.22. The van der Waals surface area contributed by atoms with Crippen molar-refractivity contribution in [1.29, 1.82) is 0 Å². The molecule has 1 N–H and O–H groups in total. The van der Waals surface area contributed by atoms with Gasteiger partial charge in [-0.3, -0.25) is 4.79 Å². The molecule has 0 unspecified atom stereocenters. The number of hydrogen-bond donors (Lipinski definition) is 1. The van der Waals surface area contributed by atoms with Crippen LogP contribution in [0.2, 0.25) is 0 Å². The first-order valence-corrected chi connectivity index (χ1v) is 9.87. The van der Waals surface area contributed by atoms with Crippen molar-refractivity contribution in [2.45, 2.75) is 32.8 Å². The molecule has 1 atom stereocenters. The molecule has 0 spiro atoms. The summed E-state index contributed by atoms with van der Waals surface area (Å²) >= 11 is 0. The number of hydrazone groups is 1. The summed E-state index contributed by atoms with van der Waals surface area (Å²) in [5.74, 6) is 1.17. The van der Waals surface area contributed by atoms with E-state index in [0.717, 1.165) is 41.5 Å². The number of nitrogens with zero attached hydrogens (tertiary/aromatic N) is 1. The third-order valence-corrected chi connectivity index (χ3v) is 4.44. The Labute approximate surface area is 171 Å². The monoisotopic (exact) mass is 390 g/mol. The highest BCUT2D eigenvalue weighted by Gasteiger charge is 2.14. The summed E-state index contributed by atoms with van der Waals surface area (Å²) in [5.41, 5.74) is 3.39. The molecule has 1 amide bonds. The van der Waals surface area contributed by atoms with E-state index in [4.69, 9.17) is 9.47 Å². The van der Waals surface area contributed by atoms with Crippen LogP contribution in [0.25, 0.3) is 10.8 Å². The lowest BCUT2D eigenvalue weighted by Gasteiger charge is -2.13. The Balaban J connectivity index is 1.50. The zero-order valence-corrected chi connectivity index (χ0v) is 16.8. The van der Waals surface area contributed by atoms with Crippen LogP contribution in [-0.4, -0.2) is 24.8 Å². The minimum absolute atomic E-state index is 0.311. The number of hydrogen-bond acceptors (Lipinski definition) is 4. The minimum atomic E-state index is -0.664. The van der Waals surface area contributed by atoms with Crippen molar-refractivity contribution < 1.29 is 14.3 Å². The van der Waals surface area contributed by atoms with Gasteiger partial charge in [-0.2, -0.15) is 5.10 Å². The first-order chi connectivity index (χ1) is 14.2. The van der Waals surface area contributed by atoms with Crippen LogP contribution in [0.15, 0.2) is 71.8 Å². The maximum absolute atomic E-state index is 12.2. The van der Waals surface area contributed by atoms with E-state index in [2.05, 4.69) is 17.5 Å². The summed E-state index contributed by atoms with van der Waals surface area (Å²) in [6, 6.07) is 21.3. The van der Waals surface area contributed by atoms with Crippen molar-refractivity contribution in [2.24, 2.45) is 5.10 Å². The molecule has 5 heteroatoms. The molecule has 0 heterocycles. The van der Waals surface area contributed by atoms with Gasteiger partial charge in [-0.05, 0) is 66.1 Å². The molecule has 29 heavy (non-hydrogen) atoms. The van der Waals surface area contributed by atoms with Gasteiger partial charge in [0.2, 0.25) is 0 Å². The molecule has 150 valence electrons. The van der Waals surface area contributed by atoms with E-state index >= 15 is 0 Å². The number of ether oxygens (including phenoxy) is 2. The Bertz CT molecular complexity index is 967. The van der Waals surface area contributed by atoms with Crippen molar-refractivity contribution in [1.82, 2.24) is 5.43 Å². The second-order valence-electron chi connectivity index (χ2n) is 6.77. The smallest absolute Gasteiger partial charge is 0.280 e. The van der Waals surface area contributed by atoms with Gasteiger partial charge in [0.1, 0.15) is 11.5 Å². The molecule has 0 bridgehead atoms. The molecule has 3 rings (SSSR count). The normalized spacial score (nSPS) is 12.1. The van der Waals surface area contributed by atoms with Gasteiger partial charge in [0.05, 0.1) is 12.8 Å². The second kappa shape index (κ2) is 10.3. The fourth-order valence-electron chi connectivity index (χ4n) is 2.74. The number of amides is 1. The Morgan fingerprint density at radius 1 is 1.03 bits per heavy atom. The van der Waals surface area contributed by atoms with E-state index in [0.29, 0.717) is 5.75 Å². The highest BCUT2D eigenvalue weighted by molar-refractivity contribution is 5.85. The predicted molar refractivity (Wildman–Crippen MR) is 117 cm³/mol. The van der Waals surface area contributed by atoms with Gasteiger partial charge in [-0.25, -0.2) is 5.43 Å². The van der Waals surface area contributed by atoms with Crippen LogP contribution >= 0.6 is 0 Å². The van der Waals surface area contributed by atoms with E-state index in [9.17, 15) is 4.79 Å². The van der Waals surface area contributed by atoms with E-state index in [1.165, 1.54) is 0 Å². The maximum atomic E-state index is 12.2. The average molecular weight is 390 g/mol. The highest BCUT2D eigenvalue weighted by Crippen LogP contribution is 2.21. The molecule has 0 saturated heterocycles. The van der Waals surface area contributed by atoms with Gasteiger partial charge in [-0.15, -0.1) is 0 Å². The number of fused-ring (bicyclic) bond motifs is 1. The van der Waals surface area contributed by atoms with Gasteiger partial charge in [0.25, 0.3) is 5.91 Å². The Hall–Kier alpha value is -3.34. The van der Waals surface area contributed by atoms with Gasteiger partial charge in [0, 0.05) is 0 Å². The summed E-state index contributed by atoms with van der Waals surface area (Å²) in [6.45, 7) is 4.54. The summed E-state index contributed by atoms with van der Waals surface area (Å²) in [7, 11) is 0. The zero-order chi connectivity index (χ0) is 20.5. The first-order valence-electron chi connectivity index (χ1n) is 9.87. The maximum Gasteiger partial charge on any atom is 0.280 e. The predicted octanol–water partition coefficient (Wildman–Crippen LogP) is 4.94. The molecule has 0 radical (unpaired) electrons. The van der Waals surface area contributed by atoms with Gasteiger partial charge in [0.15, 0.2) is 6.10 Å². The van der Waals surface area contributed by atoms with Crippen molar-refractivity contribution in [3.63, 3.8) is 0 Å². The number of carbonyl (C=O) groups is 1. The fraction of sp³-hybridized carbons (Fsp3) is 0.250. The zero-order valence-electron chi connectivity index (χ0n) is 16.8. The largest absolute Gasteiger partial charge is 0.494 e. The molecular weight excluding hydrogens is 364 g/mol. The lowest BCUT2D eigenvalue weighted by molar-refractivity contribution is -0.127. The second-order valence-corrected chi connectivity index (χ2v) is 6.77. The lowest BCUT2D eigenvalue weighted by atomic mass is 10.1. The third-order valence-electron chi connectivity index (χ3n) is 4.44. The van der Waals surface area contributed by atoms with Crippen LogP contribution in [0, 0.1) is 0 Å². The number of nitrogens with one attached hydrogen (secondary N) is 1. The first kappa shape index (κ1) is 20.4. The standard InChI is InChI=1S/C24H26N2O3/c1-3-4-15-28-22-12-9-19(10-13-22)17-25-26-24(27)18(2)29-23-14-11-20-7-5-6-8-21(20)16-23/h5-14,16-18H,3-4,15H2,1-2H3,(H,26,27)/b25-17-/t18-/m1/s1. The van der Waals surface area contributed by atoms with E-state index in [1.54, 1.807) is 13.1 Å². The van der Waals surface area contributed by atoms with Crippen LogP contribution < -0.4 is 14.9 Å². The minimum Gasteiger partial charge on any atom is -0.494 e. The molecule has 0 aliphatic carbocycles. The molecule has 3 aromatic carbocycles. The number of unbranched alkanes of at least 4 members (excludes halogenated alkanes) is 1. The summed E-state index contributed by atoms with van der Waals surface area (Å²) < 4.78 is 11.4.